The summed E-state index contributed by atoms with van der Waals surface area (Å²) in [5.74, 6) is -0.924. The Balaban J connectivity index is 2.19. The molecule has 0 bridgehead atoms. The lowest BCUT2D eigenvalue weighted by atomic mass is 9.95. The van der Waals surface area contributed by atoms with Crippen molar-refractivity contribution in [3.63, 3.8) is 0 Å². The van der Waals surface area contributed by atoms with Gasteiger partial charge >= 0.3 is 5.97 Å². The SMILES string of the molecule is CC(C)(C)c1ccc(-c2cc(C(=O)O)c3ccccc3n2)s1. The van der Waals surface area contributed by atoms with Crippen LogP contribution < -0.4 is 0 Å². The summed E-state index contributed by atoms with van der Waals surface area (Å²) in [6.07, 6.45) is 0. The van der Waals surface area contributed by atoms with Gasteiger partial charge in [0.2, 0.25) is 0 Å². The number of carbonyl (C=O) groups is 1. The Kier molecular flexibility index (Phi) is 3.49. The first-order valence-corrected chi connectivity index (χ1v) is 7.92. The summed E-state index contributed by atoms with van der Waals surface area (Å²) < 4.78 is 0. The molecule has 3 rings (SSSR count). The number of aromatic nitrogens is 1. The quantitative estimate of drug-likeness (QED) is 0.727. The van der Waals surface area contributed by atoms with Crippen molar-refractivity contribution in [3.8, 4) is 10.6 Å². The largest absolute Gasteiger partial charge is 0.478 e. The highest BCUT2D eigenvalue weighted by molar-refractivity contribution is 7.15. The van der Waals surface area contributed by atoms with Gasteiger partial charge in [0.25, 0.3) is 0 Å². The van der Waals surface area contributed by atoms with Gasteiger partial charge in [0.1, 0.15) is 0 Å². The maximum Gasteiger partial charge on any atom is 0.336 e. The molecular formula is C18H17NO2S. The molecule has 0 unspecified atom stereocenters. The Morgan fingerprint density at radius 2 is 1.86 bits per heavy atom. The lowest BCUT2D eigenvalue weighted by molar-refractivity contribution is 0.0699. The number of para-hydroxylation sites is 1. The summed E-state index contributed by atoms with van der Waals surface area (Å²) >= 11 is 1.67. The molecule has 0 saturated heterocycles. The molecule has 0 radical (unpaired) electrons. The molecule has 0 spiro atoms. The maximum atomic E-state index is 11.5. The molecule has 0 saturated carbocycles. The van der Waals surface area contributed by atoms with Crippen molar-refractivity contribution in [1.82, 2.24) is 4.98 Å². The van der Waals surface area contributed by atoms with E-state index in [0.717, 1.165) is 10.6 Å². The Bertz CT molecular complexity index is 859. The maximum absolute atomic E-state index is 11.5. The van der Waals surface area contributed by atoms with Gasteiger partial charge in [0, 0.05) is 10.3 Å². The Morgan fingerprint density at radius 1 is 1.14 bits per heavy atom. The average Bonchev–Trinajstić information content (AvgIpc) is 2.95. The third kappa shape index (κ3) is 2.62. The third-order valence-corrected chi connectivity index (χ3v) is 5.08. The molecule has 0 aliphatic heterocycles. The van der Waals surface area contributed by atoms with Crippen molar-refractivity contribution in [3.05, 3.63) is 52.9 Å². The van der Waals surface area contributed by atoms with Crippen molar-refractivity contribution in [2.75, 3.05) is 0 Å². The molecule has 112 valence electrons. The van der Waals surface area contributed by atoms with E-state index in [9.17, 15) is 9.90 Å². The number of carboxylic acid groups (broad SMARTS) is 1. The van der Waals surface area contributed by atoms with E-state index >= 15 is 0 Å². The van der Waals surface area contributed by atoms with Crippen LogP contribution in [0.5, 0.6) is 0 Å². The van der Waals surface area contributed by atoms with Crippen LogP contribution in [0.2, 0.25) is 0 Å². The second-order valence-corrected chi connectivity index (χ2v) is 7.38. The minimum absolute atomic E-state index is 0.0788. The van der Waals surface area contributed by atoms with Crippen molar-refractivity contribution in [2.45, 2.75) is 26.2 Å². The van der Waals surface area contributed by atoms with E-state index in [4.69, 9.17) is 0 Å². The van der Waals surface area contributed by atoms with Crippen LogP contribution in [0.1, 0.15) is 36.0 Å². The number of thiophene rings is 1. The molecule has 0 atom stereocenters. The third-order valence-electron chi connectivity index (χ3n) is 3.54. The number of hydrogen-bond acceptors (Lipinski definition) is 3. The fourth-order valence-electron chi connectivity index (χ4n) is 2.36. The van der Waals surface area contributed by atoms with Gasteiger partial charge in [-0.25, -0.2) is 9.78 Å². The second kappa shape index (κ2) is 5.21. The monoisotopic (exact) mass is 311 g/mol. The van der Waals surface area contributed by atoms with E-state index in [1.54, 1.807) is 23.5 Å². The topological polar surface area (TPSA) is 50.2 Å². The molecule has 2 aromatic heterocycles. The van der Waals surface area contributed by atoms with E-state index in [-0.39, 0.29) is 5.41 Å². The van der Waals surface area contributed by atoms with E-state index < -0.39 is 5.97 Å². The van der Waals surface area contributed by atoms with Crippen LogP contribution in [0.25, 0.3) is 21.5 Å². The molecule has 3 aromatic rings. The van der Waals surface area contributed by atoms with Crippen LogP contribution in [0.4, 0.5) is 0 Å². The first-order chi connectivity index (χ1) is 10.4. The van der Waals surface area contributed by atoms with E-state index in [1.807, 2.05) is 24.3 Å². The summed E-state index contributed by atoms with van der Waals surface area (Å²) in [5.41, 5.74) is 1.81. The van der Waals surface area contributed by atoms with Gasteiger partial charge < -0.3 is 5.11 Å². The Labute approximate surface area is 133 Å². The highest BCUT2D eigenvalue weighted by Gasteiger charge is 2.18. The fourth-order valence-corrected chi connectivity index (χ4v) is 3.38. The highest BCUT2D eigenvalue weighted by atomic mass is 32.1. The number of fused-ring (bicyclic) bond motifs is 1. The first-order valence-electron chi connectivity index (χ1n) is 7.10. The molecular weight excluding hydrogens is 294 g/mol. The summed E-state index contributed by atoms with van der Waals surface area (Å²) in [6.45, 7) is 6.50. The van der Waals surface area contributed by atoms with Gasteiger partial charge in [-0.1, -0.05) is 39.0 Å². The van der Waals surface area contributed by atoms with Crippen molar-refractivity contribution >= 4 is 28.2 Å². The van der Waals surface area contributed by atoms with Crippen LogP contribution in [0.3, 0.4) is 0 Å². The average molecular weight is 311 g/mol. The molecule has 22 heavy (non-hydrogen) atoms. The van der Waals surface area contributed by atoms with Gasteiger partial charge in [-0.3, -0.25) is 0 Å². The highest BCUT2D eigenvalue weighted by Crippen LogP contribution is 2.35. The summed E-state index contributed by atoms with van der Waals surface area (Å²) in [4.78, 5) is 18.4. The number of carboxylic acids is 1. The molecule has 2 heterocycles. The fraction of sp³-hybridized carbons (Fsp3) is 0.222. The molecule has 4 heteroatoms. The second-order valence-electron chi connectivity index (χ2n) is 6.29. The van der Waals surface area contributed by atoms with Crippen molar-refractivity contribution in [1.29, 1.82) is 0 Å². The van der Waals surface area contributed by atoms with E-state index in [0.29, 0.717) is 16.5 Å². The van der Waals surface area contributed by atoms with Crippen molar-refractivity contribution in [2.24, 2.45) is 0 Å². The smallest absolute Gasteiger partial charge is 0.336 e. The van der Waals surface area contributed by atoms with Crippen molar-refractivity contribution < 1.29 is 9.90 Å². The lowest BCUT2D eigenvalue weighted by Gasteiger charge is -2.15. The van der Waals surface area contributed by atoms with Gasteiger partial charge in [-0.05, 0) is 29.7 Å². The number of benzene rings is 1. The lowest BCUT2D eigenvalue weighted by Crippen LogP contribution is -2.07. The van der Waals surface area contributed by atoms with Crippen LogP contribution in [0.15, 0.2) is 42.5 Å². The minimum atomic E-state index is -0.924. The zero-order valence-electron chi connectivity index (χ0n) is 12.8. The molecule has 3 nitrogen and oxygen atoms in total. The van der Waals surface area contributed by atoms with Crippen LogP contribution >= 0.6 is 11.3 Å². The molecule has 0 aliphatic rings. The molecule has 1 aromatic carbocycles. The predicted molar refractivity (Wildman–Crippen MR) is 90.7 cm³/mol. The van der Waals surface area contributed by atoms with Crippen LogP contribution in [-0.4, -0.2) is 16.1 Å². The molecule has 1 N–H and O–H groups in total. The standard InChI is InChI=1S/C18H17NO2S/c1-18(2,3)16-9-8-15(22-16)14-10-12(17(20)21)11-6-4-5-7-13(11)19-14/h4-10H,1-3H3,(H,20,21). The Morgan fingerprint density at radius 3 is 2.50 bits per heavy atom. The number of nitrogens with zero attached hydrogens (tertiary/aromatic N) is 1. The molecule has 0 aliphatic carbocycles. The van der Waals surface area contributed by atoms with Crippen LogP contribution in [-0.2, 0) is 5.41 Å². The minimum Gasteiger partial charge on any atom is -0.478 e. The van der Waals surface area contributed by atoms with Gasteiger partial charge in [0.15, 0.2) is 0 Å². The van der Waals surface area contributed by atoms with Gasteiger partial charge in [-0.15, -0.1) is 11.3 Å². The number of aromatic carboxylic acids is 1. The van der Waals surface area contributed by atoms with Gasteiger partial charge in [-0.2, -0.15) is 0 Å². The Hall–Kier alpha value is -2.20. The summed E-state index contributed by atoms with van der Waals surface area (Å²) in [6, 6.07) is 13.1. The molecule has 0 amide bonds. The number of pyridine rings is 1. The van der Waals surface area contributed by atoms with Gasteiger partial charge in [0.05, 0.1) is 21.7 Å². The zero-order chi connectivity index (χ0) is 15.9. The summed E-state index contributed by atoms with van der Waals surface area (Å²) in [7, 11) is 0. The zero-order valence-corrected chi connectivity index (χ0v) is 13.6. The normalized spacial score (nSPS) is 11.8. The predicted octanol–water partition coefficient (Wildman–Crippen LogP) is 4.96. The molecule has 0 fully saturated rings. The number of hydrogen-bond donors (Lipinski definition) is 1. The van der Waals surface area contributed by atoms with E-state index in [2.05, 4.69) is 31.8 Å². The summed E-state index contributed by atoms with van der Waals surface area (Å²) in [5, 5.41) is 10.1. The first kappa shape index (κ1) is 14.7. The van der Waals surface area contributed by atoms with E-state index in [1.165, 1.54) is 4.88 Å². The number of rotatable bonds is 2. The van der Waals surface area contributed by atoms with Crippen LogP contribution in [0, 0.1) is 0 Å².